The number of hydrazine groups is 1. The minimum Gasteiger partial charge on any atom is -0.306 e. The highest BCUT2D eigenvalue weighted by Crippen LogP contribution is 2.28. The predicted molar refractivity (Wildman–Crippen MR) is 45.1 cm³/mol. The second-order valence-corrected chi connectivity index (χ2v) is 3.87. The van der Waals surface area contributed by atoms with Crippen LogP contribution >= 0.6 is 0 Å². The summed E-state index contributed by atoms with van der Waals surface area (Å²) in [6, 6.07) is 0. The molecule has 11 heavy (non-hydrogen) atoms. The number of hydrogen-bond acceptors (Lipinski definition) is 3. The zero-order valence-corrected chi connectivity index (χ0v) is 7.38. The highest BCUT2D eigenvalue weighted by molar-refractivity contribution is 4.90. The molecule has 0 saturated carbocycles. The third kappa shape index (κ3) is 1.28. The maximum Gasteiger partial charge on any atom is 0.0175 e. The summed E-state index contributed by atoms with van der Waals surface area (Å²) in [6.07, 6.45) is 0. The molecule has 2 aliphatic heterocycles. The van der Waals surface area contributed by atoms with Gasteiger partial charge in [0.1, 0.15) is 0 Å². The fourth-order valence-corrected chi connectivity index (χ4v) is 2.41. The van der Waals surface area contributed by atoms with Crippen molar-refractivity contribution in [3.63, 3.8) is 0 Å². The molecule has 0 aromatic rings. The minimum atomic E-state index is 0.924. The van der Waals surface area contributed by atoms with Gasteiger partial charge in [0.15, 0.2) is 0 Å². The summed E-state index contributed by atoms with van der Waals surface area (Å²) in [7, 11) is 4.24. The van der Waals surface area contributed by atoms with Gasteiger partial charge in [0.05, 0.1) is 0 Å². The average molecular weight is 155 g/mol. The Morgan fingerprint density at radius 1 is 1.09 bits per heavy atom. The molecule has 0 aromatic carbocycles. The quantitative estimate of drug-likeness (QED) is 0.556. The maximum atomic E-state index is 3.22. The lowest BCUT2D eigenvalue weighted by atomic mass is 10.0. The van der Waals surface area contributed by atoms with Gasteiger partial charge in [-0.3, -0.25) is 5.43 Å². The molecule has 0 spiro atoms. The Kier molecular flexibility index (Phi) is 1.87. The van der Waals surface area contributed by atoms with E-state index in [1.165, 1.54) is 26.2 Å². The van der Waals surface area contributed by atoms with Gasteiger partial charge in [0.2, 0.25) is 0 Å². The molecule has 1 N–H and O–H groups in total. The first-order chi connectivity index (χ1) is 5.29. The number of hydrogen-bond donors (Lipinski definition) is 1. The van der Waals surface area contributed by atoms with Crippen LogP contribution in [0.1, 0.15) is 0 Å². The van der Waals surface area contributed by atoms with Gasteiger partial charge in [0.25, 0.3) is 0 Å². The fourth-order valence-electron chi connectivity index (χ4n) is 2.41. The van der Waals surface area contributed by atoms with Crippen molar-refractivity contribution < 1.29 is 0 Å². The Morgan fingerprint density at radius 3 is 2.09 bits per heavy atom. The second kappa shape index (κ2) is 2.73. The van der Waals surface area contributed by atoms with Crippen molar-refractivity contribution in [1.29, 1.82) is 0 Å². The van der Waals surface area contributed by atoms with Gasteiger partial charge in [-0.1, -0.05) is 0 Å². The van der Waals surface area contributed by atoms with Crippen LogP contribution in [-0.2, 0) is 0 Å². The van der Waals surface area contributed by atoms with Gasteiger partial charge >= 0.3 is 0 Å². The lowest BCUT2D eigenvalue weighted by molar-refractivity contribution is 0.223. The Balaban J connectivity index is 1.93. The maximum absolute atomic E-state index is 3.22. The molecule has 0 bridgehead atoms. The highest BCUT2D eigenvalue weighted by Gasteiger charge is 2.37. The number of fused-ring (bicyclic) bond motifs is 1. The van der Waals surface area contributed by atoms with Crippen molar-refractivity contribution in [2.75, 3.05) is 40.3 Å². The third-order valence-electron chi connectivity index (χ3n) is 2.99. The largest absolute Gasteiger partial charge is 0.306 e. The van der Waals surface area contributed by atoms with Crippen molar-refractivity contribution in [1.82, 2.24) is 15.3 Å². The SMILES string of the molecule is CNN1CC2CN(C)CC2C1. The molecule has 2 atom stereocenters. The van der Waals surface area contributed by atoms with Crippen LogP contribution in [-0.4, -0.2) is 50.2 Å². The molecule has 0 aromatic heterocycles. The second-order valence-electron chi connectivity index (χ2n) is 3.87. The highest BCUT2D eigenvalue weighted by atomic mass is 15.5. The van der Waals surface area contributed by atoms with E-state index in [0.29, 0.717) is 0 Å². The molecule has 0 aliphatic carbocycles. The first-order valence-electron chi connectivity index (χ1n) is 4.40. The number of rotatable bonds is 1. The van der Waals surface area contributed by atoms with Crippen molar-refractivity contribution >= 4 is 0 Å². The van der Waals surface area contributed by atoms with Crippen LogP contribution in [0.5, 0.6) is 0 Å². The molecule has 0 amide bonds. The van der Waals surface area contributed by atoms with Crippen LogP contribution in [0.15, 0.2) is 0 Å². The number of likely N-dealkylation sites (tertiary alicyclic amines) is 1. The van der Waals surface area contributed by atoms with Crippen LogP contribution in [0.3, 0.4) is 0 Å². The van der Waals surface area contributed by atoms with Gasteiger partial charge in [-0.15, -0.1) is 0 Å². The third-order valence-corrected chi connectivity index (χ3v) is 2.99. The monoisotopic (exact) mass is 155 g/mol. The average Bonchev–Trinajstić information content (AvgIpc) is 2.43. The molecule has 2 aliphatic rings. The summed E-state index contributed by atoms with van der Waals surface area (Å²) in [5, 5.41) is 2.34. The number of nitrogens with zero attached hydrogens (tertiary/aromatic N) is 2. The Morgan fingerprint density at radius 2 is 1.64 bits per heavy atom. The molecular formula is C8H17N3. The van der Waals surface area contributed by atoms with E-state index >= 15 is 0 Å². The standard InChI is InChI=1S/C8H17N3/c1-9-11-5-7-3-10(2)4-8(7)6-11/h7-9H,3-6H2,1-2H3. The lowest BCUT2D eigenvalue weighted by Gasteiger charge is -2.16. The molecule has 3 nitrogen and oxygen atoms in total. The van der Waals surface area contributed by atoms with E-state index in [1.807, 2.05) is 7.05 Å². The van der Waals surface area contributed by atoms with Crippen LogP contribution in [0.4, 0.5) is 0 Å². The summed E-state index contributed by atoms with van der Waals surface area (Å²) < 4.78 is 0. The Labute approximate surface area is 68.3 Å². The zero-order chi connectivity index (χ0) is 7.84. The van der Waals surface area contributed by atoms with E-state index in [-0.39, 0.29) is 0 Å². The first kappa shape index (κ1) is 7.53. The molecular weight excluding hydrogens is 138 g/mol. The van der Waals surface area contributed by atoms with E-state index in [4.69, 9.17) is 0 Å². The molecule has 0 radical (unpaired) electrons. The van der Waals surface area contributed by atoms with Gasteiger partial charge < -0.3 is 4.90 Å². The van der Waals surface area contributed by atoms with E-state index in [2.05, 4.69) is 22.4 Å². The van der Waals surface area contributed by atoms with Crippen molar-refractivity contribution in [3.05, 3.63) is 0 Å². The van der Waals surface area contributed by atoms with E-state index in [0.717, 1.165) is 11.8 Å². The summed E-state index contributed by atoms with van der Waals surface area (Å²) in [6.45, 7) is 5.07. The normalized spacial score (nSPS) is 39.8. The van der Waals surface area contributed by atoms with Crippen LogP contribution in [0, 0.1) is 11.8 Å². The molecule has 2 fully saturated rings. The van der Waals surface area contributed by atoms with Crippen LogP contribution in [0.25, 0.3) is 0 Å². The van der Waals surface area contributed by atoms with Crippen LogP contribution in [0.2, 0.25) is 0 Å². The molecule has 2 unspecified atom stereocenters. The van der Waals surface area contributed by atoms with Gasteiger partial charge in [-0.25, -0.2) is 5.01 Å². The molecule has 2 rings (SSSR count). The van der Waals surface area contributed by atoms with Gasteiger partial charge in [-0.05, 0) is 25.9 Å². The zero-order valence-electron chi connectivity index (χ0n) is 7.38. The summed E-state index contributed by atoms with van der Waals surface area (Å²) >= 11 is 0. The van der Waals surface area contributed by atoms with Gasteiger partial charge in [0, 0.05) is 26.2 Å². The van der Waals surface area contributed by atoms with Crippen molar-refractivity contribution in [2.24, 2.45) is 11.8 Å². The summed E-state index contributed by atoms with van der Waals surface area (Å²) in [5.74, 6) is 1.85. The summed E-state index contributed by atoms with van der Waals surface area (Å²) in [5.41, 5.74) is 3.22. The topological polar surface area (TPSA) is 18.5 Å². The van der Waals surface area contributed by atoms with E-state index < -0.39 is 0 Å². The number of nitrogens with one attached hydrogen (secondary N) is 1. The predicted octanol–water partition coefficient (Wildman–Crippen LogP) is -0.386. The Bertz CT molecular complexity index is 134. The first-order valence-corrected chi connectivity index (χ1v) is 4.40. The molecule has 3 heteroatoms. The van der Waals surface area contributed by atoms with Gasteiger partial charge in [-0.2, -0.15) is 0 Å². The molecule has 2 saturated heterocycles. The smallest absolute Gasteiger partial charge is 0.0175 e. The van der Waals surface area contributed by atoms with Crippen molar-refractivity contribution in [2.45, 2.75) is 0 Å². The minimum absolute atomic E-state index is 0.924. The molecule has 2 heterocycles. The fraction of sp³-hybridized carbons (Fsp3) is 1.00. The van der Waals surface area contributed by atoms with Crippen LogP contribution < -0.4 is 5.43 Å². The van der Waals surface area contributed by atoms with Crippen molar-refractivity contribution in [3.8, 4) is 0 Å². The Hall–Kier alpha value is -0.120. The van der Waals surface area contributed by atoms with E-state index in [1.54, 1.807) is 0 Å². The molecule has 64 valence electrons. The lowest BCUT2D eigenvalue weighted by Crippen LogP contribution is -2.35. The summed E-state index contributed by atoms with van der Waals surface area (Å²) in [4.78, 5) is 2.45. The van der Waals surface area contributed by atoms with E-state index in [9.17, 15) is 0 Å².